The van der Waals surface area contributed by atoms with Crippen LogP contribution in [0.4, 0.5) is 4.39 Å². The van der Waals surface area contributed by atoms with Crippen LogP contribution in [0.1, 0.15) is 66.2 Å². The maximum absolute atomic E-state index is 17.1. The number of alkyl halides is 1. The van der Waals surface area contributed by atoms with Crippen molar-refractivity contribution in [3.63, 3.8) is 0 Å². The Morgan fingerprint density at radius 3 is 2.74 bits per heavy atom. The normalized spacial score (nSPS) is 48.5. The summed E-state index contributed by atoms with van der Waals surface area (Å²) in [4.78, 5) is 11.9. The Balaban J connectivity index is 1.73. The number of carbonyl (C=O) groups excluding carboxylic acids is 1. The number of ether oxygens (including phenoxy) is 1. The van der Waals surface area contributed by atoms with Gasteiger partial charge >= 0.3 is 0 Å². The first-order chi connectivity index (χ1) is 14.5. The minimum atomic E-state index is -1.89. The van der Waals surface area contributed by atoms with E-state index in [4.69, 9.17) is 17.0 Å². The molecular formula is C25H35FO4S. The van der Waals surface area contributed by atoms with Gasteiger partial charge in [0, 0.05) is 16.7 Å². The average Bonchev–Trinajstić information content (AvgIpc) is 2.91. The van der Waals surface area contributed by atoms with Gasteiger partial charge in [0.05, 0.1) is 12.7 Å². The van der Waals surface area contributed by atoms with Gasteiger partial charge in [0.1, 0.15) is 5.60 Å². The summed E-state index contributed by atoms with van der Waals surface area (Å²) in [6, 6.07) is 0. The Morgan fingerprint density at radius 2 is 2.06 bits per heavy atom. The lowest BCUT2D eigenvalue weighted by atomic mass is 9.45. The van der Waals surface area contributed by atoms with Crippen LogP contribution in [-0.2, 0) is 9.53 Å². The van der Waals surface area contributed by atoms with Crippen molar-refractivity contribution in [1.82, 2.24) is 0 Å². The molecule has 0 aromatic carbocycles. The quantitative estimate of drug-likeness (QED) is 0.488. The molecule has 4 aliphatic rings. The second kappa shape index (κ2) is 7.46. The molecule has 0 amide bonds. The zero-order valence-electron chi connectivity index (χ0n) is 19.0. The molecule has 0 saturated heterocycles. The van der Waals surface area contributed by atoms with Crippen LogP contribution < -0.4 is 0 Å². The van der Waals surface area contributed by atoms with Crippen LogP contribution in [0.15, 0.2) is 23.8 Å². The van der Waals surface area contributed by atoms with Gasteiger partial charge in [-0.05, 0) is 75.2 Å². The monoisotopic (exact) mass is 450 g/mol. The average molecular weight is 451 g/mol. The predicted molar refractivity (Wildman–Crippen MR) is 121 cm³/mol. The van der Waals surface area contributed by atoms with Gasteiger partial charge in [-0.15, -0.1) is 0 Å². The number of unbranched alkanes of at least 4 members (excludes halogenated alkanes) is 1. The summed E-state index contributed by atoms with van der Waals surface area (Å²) in [5, 5.41) is 23.5. The number of carbonyl (C=O) groups is 1. The van der Waals surface area contributed by atoms with E-state index in [0.717, 1.165) is 18.4 Å². The highest BCUT2D eigenvalue weighted by Crippen LogP contribution is 2.70. The summed E-state index contributed by atoms with van der Waals surface area (Å²) in [6.45, 7) is 8.24. The third kappa shape index (κ3) is 2.83. The van der Waals surface area contributed by atoms with Crippen LogP contribution in [-0.4, -0.2) is 45.0 Å². The predicted octanol–water partition coefficient (Wildman–Crippen LogP) is 4.48. The molecule has 3 saturated carbocycles. The van der Waals surface area contributed by atoms with Crippen molar-refractivity contribution >= 4 is 23.1 Å². The summed E-state index contributed by atoms with van der Waals surface area (Å²) < 4.78 is 22.9. The molecule has 0 aromatic heterocycles. The van der Waals surface area contributed by atoms with E-state index < -0.39 is 34.1 Å². The lowest BCUT2D eigenvalue weighted by Gasteiger charge is -2.62. The second-order valence-corrected chi connectivity index (χ2v) is 11.0. The fraction of sp³-hybridized carbons (Fsp3) is 0.760. The minimum Gasteiger partial charge on any atom is -0.484 e. The van der Waals surface area contributed by atoms with Crippen LogP contribution in [0.5, 0.6) is 0 Å². The molecule has 0 aromatic rings. The van der Waals surface area contributed by atoms with Crippen molar-refractivity contribution in [1.29, 1.82) is 0 Å². The van der Waals surface area contributed by atoms with Crippen LogP contribution in [0.25, 0.3) is 0 Å². The van der Waals surface area contributed by atoms with Crippen molar-refractivity contribution in [3.05, 3.63) is 23.8 Å². The van der Waals surface area contributed by atoms with Crippen molar-refractivity contribution < 1.29 is 24.1 Å². The number of hydrogen-bond acceptors (Lipinski definition) is 5. The van der Waals surface area contributed by atoms with E-state index in [9.17, 15) is 15.0 Å². The van der Waals surface area contributed by atoms with Crippen LogP contribution in [0.3, 0.4) is 0 Å². The number of hydrogen-bond donors (Lipinski definition) is 2. The van der Waals surface area contributed by atoms with E-state index >= 15 is 4.39 Å². The Morgan fingerprint density at radius 1 is 1.35 bits per heavy atom. The highest BCUT2D eigenvalue weighted by Gasteiger charge is 2.75. The first-order valence-electron chi connectivity index (χ1n) is 11.7. The summed E-state index contributed by atoms with van der Waals surface area (Å²) in [7, 11) is 0. The van der Waals surface area contributed by atoms with Crippen LogP contribution >= 0.6 is 12.2 Å². The topological polar surface area (TPSA) is 66.8 Å². The molecule has 0 heterocycles. The molecule has 4 rings (SSSR count). The largest absolute Gasteiger partial charge is 0.484 e. The molecule has 6 heteroatoms. The molecule has 172 valence electrons. The van der Waals surface area contributed by atoms with Gasteiger partial charge in [0.15, 0.2) is 16.5 Å². The van der Waals surface area contributed by atoms with E-state index in [-0.39, 0.29) is 29.1 Å². The maximum atomic E-state index is 17.1. The fourth-order valence-corrected chi connectivity index (χ4v) is 7.92. The van der Waals surface area contributed by atoms with Gasteiger partial charge in [0.2, 0.25) is 0 Å². The Bertz CT molecular complexity index is 854. The lowest BCUT2D eigenvalue weighted by molar-refractivity contribution is -0.210. The smallest absolute Gasteiger partial charge is 0.192 e. The molecule has 0 bridgehead atoms. The van der Waals surface area contributed by atoms with Gasteiger partial charge in [0.25, 0.3) is 0 Å². The number of aliphatic hydroxyl groups excluding tert-OH is 1. The molecule has 0 unspecified atom stereocenters. The molecule has 4 aliphatic carbocycles. The molecule has 0 aliphatic heterocycles. The number of thiocarbonyl (C=S) groups is 1. The number of rotatable bonds is 4. The molecular weight excluding hydrogens is 415 g/mol. The first kappa shape index (κ1) is 23.1. The molecule has 0 radical (unpaired) electrons. The van der Waals surface area contributed by atoms with E-state index in [1.165, 1.54) is 6.08 Å². The zero-order valence-corrected chi connectivity index (χ0v) is 19.8. The third-order valence-electron chi connectivity index (χ3n) is 9.26. The van der Waals surface area contributed by atoms with Crippen LogP contribution in [0, 0.1) is 28.6 Å². The second-order valence-electron chi connectivity index (χ2n) is 10.7. The third-order valence-corrected chi connectivity index (χ3v) is 9.69. The fourth-order valence-electron chi connectivity index (χ4n) is 7.40. The summed E-state index contributed by atoms with van der Waals surface area (Å²) in [5.41, 5.74) is -4.32. The van der Waals surface area contributed by atoms with Gasteiger partial charge in [-0.2, -0.15) is 0 Å². The Hall–Kier alpha value is -1.11. The van der Waals surface area contributed by atoms with E-state index in [1.54, 1.807) is 12.2 Å². The van der Waals surface area contributed by atoms with E-state index in [1.807, 2.05) is 20.8 Å². The number of fused-ring (bicyclic) bond motifs is 5. The van der Waals surface area contributed by atoms with Crippen molar-refractivity contribution in [2.45, 2.75) is 83.6 Å². The first-order valence-corrected chi connectivity index (χ1v) is 12.1. The van der Waals surface area contributed by atoms with Crippen LogP contribution in [0.2, 0.25) is 0 Å². The standard InChI is InChI=1S/C25H35FO4S/c1-5-6-11-30-21(31)25(29)15(2)12-19-18-8-7-16-13-17(27)9-10-22(16,3)24(18,26)20(28)14-23(19,25)4/h9-10,13,15,18-20,28-29H,5-8,11-12,14H2,1-4H3/t15-,18-,19-,20-,22-,23-,24-,25-/m0/s1. The number of ketones is 1. The SMILES string of the molecule is CCCCOC(=S)[C@@]1(O)[C@@H](C)C[C@H]2[C@@H]3CCC4=CC(=O)C=C[C@]4(C)[C@@]3(F)[C@@H](O)C[C@@]21C. The summed E-state index contributed by atoms with van der Waals surface area (Å²) in [5.74, 6) is -0.892. The molecule has 4 nitrogen and oxygen atoms in total. The minimum absolute atomic E-state index is 0.105. The number of allylic oxidation sites excluding steroid dienone is 4. The molecule has 3 fully saturated rings. The summed E-state index contributed by atoms with van der Waals surface area (Å²) in [6.07, 6.45) is 7.06. The highest BCUT2D eigenvalue weighted by atomic mass is 32.1. The van der Waals surface area contributed by atoms with Gasteiger partial charge in [-0.3, -0.25) is 4.79 Å². The number of halogens is 1. The zero-order chi connectivity index (χ0) is 22.8. The van der Waals surface area contributed by atoms with Crippen molar-refractivity contribution in [2.75, 3.05) is 6.61 Å². The van der Waals surface area contributed by atoms with Crippen molar-refractivity contribution in [3.8, 4) is 0 Å². The van der Waals surface area contributed by atoms with E-state index in [0.29, 0.717) is 25.9 Å². The van der Waals surface area contributed by atoms with Gasteiger partial charge in [-0.25, -0.2) is 4.39 Å². The van der Waals surface area contributed by atoms with Crippen molar-refractivity contribution in [2.24, 2.45) is 28.6 Å². The summed E-state index contributed by atoms with van der Waals surface area (Å²) >= 11 is 5.59. The Kier molecular flexibility index (Phi) is 5.55. The van der Waals surface area contributed by atoms with Gasteiger partial charge in [-0.1, -0.05) is 38.8 Å². The number of aliphatic hydroxyl groups is 2. The van der Waals surface area contributed by atoms with Gasteiger partial charge < -0.3 is 14.9 Å². The molecule has 8 atom stereocenters. The molecule has 0 spiro atoms. The molecule has 2 N–H and O–H groups in total. The highest BCUT2D eigenvalue weighted by molar-refractivity contribution is 7.80. The Labute approximate surface area is 189 Å². The maximum Gasteiger partial charge on any atom is 0.192 e. The molecule has 31 heavy (non-hydrogen) atoms. The lowest BCUT2D eigenvalue weighted by Crippen LogP contribution is -2.69. The van der Waals surface area contributed by atoms with E-state index in [2.05, 4.69) is 6.92 Å².